The first-order valence-corrected chi connectivity index (χ1v) is 13.3. The van der Waals surface area contributed by atoms with Gasteiger partial charge >= 0.3 is 0 Å². The van der Waals surface area contributed by atoms with Crippen LogP contribution in [0.15, 0.2) is 30.3 Å². The molecule has 0 aromatic heterocycles. The molecule has 0 radical (unpaired) electrons. The van der Waals surface area contributed by atoms with Crippen LogP contribution in [0.3, 0.4) is 0 Å². The van der Waals surface area contributed by atoms with E-state index in [4.69, 9.17) is 14.3 Å². The van der Waals surface area contributed by atoms with Gasteiger partial charge < -0.3 is 25.2 Å². The van der Waals surface area contributed by atoms with Crippen LogP contribution in [0.5, 0.6) is 0 Å². The van der Waals surface area contributed by atoms with Gasteiger partial charge in [0.2, 0.25) is 11.8 Å². The van der Waals surface area contributed by atoms with Crippen LogP contribution >= 0.6 is 0 Å². The van der Waals surface area contributed by atoms with Crippen molar-refractivity contribution in [2.75, 3.05) is 20.3 Å². The fourth-order valence-corrected chi connectivity index (χ4v) is 4.29. The monoisotopic (exact) mass is 535 g/mol. The standard InChI is InChI=1S/C28H45N3O7/c1-19(2)16-21(24(32)30-23(25(33)29-6)27(3,4)5)28(35,18-37-22-14-10-11-15-36-22)26(34)31-38-17-20-12-8-7-9-13-20/h7-9,12-13,19,21-23,35H,10-11,14-18H2,1-6H3,(H,29,33)(H,30,32)(H,31,34)/t21-,22?,23+,28+/m0/s1. The van der Waals surface area contributed by atoms with Gasteiger partial charge in [0.1, 0.15) is 6.04 Å². The Morgan fingerprint density at radius 1 is 1.11 bits per heavy atom. The summed E-state index contributed by atoms with van der Waals surface area (Å²) in [5, 5.41) is 17.2. The third-order valence-electron chi connectivity index (χ3n) is 6.53. The predicted molar refractivity (Wildman–Crippen MR) is 142 cm³/mol. The summed E-state index contributed by atoms with van der Waals surface area (Å²) in [7, 11) is 1.49. The highest BCUT2D eigenvalue weighted by molar-refractivity contribution is 5.94. The molecule has 0 spiro atoms. The van der Waals surface area contributed by atoms with Gasteiger partial charge in [-0.15, -0.1) is 0 Å². The molecule has 3 amide bonds. The number of nitrogens with one attached hydrogen (secondary N) is 3. The Balaban J connectivity index is 2.31. The largest absolute Gasteiger partial charge is 0.377 e. The van der Waals surface area contributed by atoms with Crippen LogP contribution < -0.4 is 16.1 Å². The van der Waals surface area contributed by atoms with Gasteiger partial charge in [-0.3, -0.25) is 19.2 Å². The van der Waals surface area contributed by atoms with E-state index >= 15 is 0 Å². The maximum atomic E-state index is 13.7. The molecule has 0 saturated carbocycles. The van der Waals surface area contributed by atoms with E-state index in [2.05, 4.69) is 16.1 Å². The minimum Gasteiger partial charge on any atom is -0.377 e. The number of aliphatic hydroxyl groups is 1. The van der Waals surface area contributed by atoms with Crippen LogP contribution in [0.1, 0.15) is 65.9 Å². The van der Waals surface area contributed by atoms with Gasteiger partial charge in [0.05, 0.1) is 19.1 Å². The Kier molecular flexibility index (Phi) is 12.2. The van der Waals surface area contributed by atoms with E-state index < -0.39 is 47.7 Å². The number of hydrogen-bond donors (Lipinski definition) is 4. The molecule has 38 heavy (non-hydrogen) atoms. The maximum absolute atomic E-state index is 13.7. The molecule has 1 aromatic rings. The lowest BCUT2D eigenvalue weighted by molar-refractivity contribution is -0.208. The first-order chi connectivity index (χ1) is 17.9. The number of carbonyl (C=O) groups excluding carboxylic acids is 3. The van der Waals surface area contributed by atoms with Crippen molar-refractivity contribution >= 4 is 17.7 Å². The molecular formula is C28H45N3O7. The molecule has 4 atom stereocenters. The Morgan fingerprint density at radius 3 is 2.34 bits per heavy atom. The van der Waals surface area contributed by atoms with E-state index in [-0.39, 0.29) is 24.9 Å². The zero-order valence-electron chi connectivity index (χ0n) is 23.5. The zero-order chi connectivity index (χ0) is 28.3. The van der Waals surface area contributed by atoms with Crippen molar-refractivity contribution in [1.29, 1.82) is 0 Å². The summed E-state index contributed by atoms with van der Waals surface area (Å²) in [6, 6.07) is 8.33. The first kappa shape index (κ1) is 31.7. The minimum absolute atomic E-state index is 0.0608. The van der Waals surface area contributed by atoms with Gasteiger partial charge in [-0.05, 0) is 42.6 Å². The zero-order valence-corrected chi connectivity index (χ0v) is 23.5. The molecule has 2 rings (SSSR count). The lowest BCUT2D eigenvalue weighted by atomic mass is 9.79. The molecule has 4 N–H and O–H groups in total. The molecule has 0 bridgehead atoms. The molecule has 1 saturated heterocycles. The number of rotatable bonds is 13. The molecule has 214 valence electrons. The summed E-state index contributed by atoms with van der Waals surface area (Å²) in [4.78, 5) is 45.2. The Labute approximate surface area is 226 Å². The summed E-state index contributed by atoms with van der Waals surface area (Å²) < 4.78 is 11.5. The fraction of sp³-hybridized carbons (Fsp3) is 0.679. The quantitative estimate of drug-likeness (QED) is 0.285. The van der Waals surface area contributed by atoms with Gasteiger partial charge in [0.15, 0.2) is 11.9 Å². The van der Waals surface area contributed by atoms with Crippen molar-refractivity contribution in [3.8, 4) is 0 Å². The summed E-state index contributed by atoms with van der Waals surface area (Å²) in [6.45, 7) is 9.34. The molecule has 1 unspecified atom stereocenters. The fourth-order valence-electron chi connectivity index (χ4n) is 4.29. The van der Waals surface area contributed by atoms with Crippen molar-refractivity contribution in [2.24, 2.45) is 17.3 Å². The number of carbonyl (C=O) groups is 3. The average Bonchev–Trinajstić information content (AvgIpc) is 2.88. The predicted octanol–water partition coefficient (Wildman–Crippen LogP) is 2.45. The highest BCUT2D eigenvalue weighted by atomic mass is 16.7. The summed E-state index contributed by atoms with van der Waals surface area (Å²) in [6.07, 6.45) is 1.98. The molecule has 1 fully saturated rings. The van der Waals surface area contributed by atoms with E-state index in [9.17, 15) is 19.5 Å². The molecule has 1 aliphatic heterocycles. The SMILES string of the molecule is CNC(=O)[C@@H](NC(=O)[C@H](CC(C)C)[C@](O)(COC1CCCCO1)C(=O)NOCc1ccccc1)C(C)(C)C. The van der Waals surface area contributed by atoms with E-state index in [1.165, 1.54) is 7.05 Å². The van der Waals surface area contributed by atoms with E-state index in [0.717, 1.165) is 18.4 Å². The maximum Gasteiger partial charge on any atom is 0.278 e. The van der Waals surface area contributed by atoms with Gasteiger partial charge in [-0.2, -0.15) is 0 Å². The van der Waals surface area contributed by atoms with Crippen LogP contribution in [-0.4, -0.2) is 61.0 Å². The third-order valence-corrected chi connectivity index (χ3v) is 6.53. The molecule has 10 nitrogen and oxygen atoms in total. The van der Waals surface area contributed by atoms with Gasteiger partial charge in [0.25, 0.3) is 5.91 Å². The van der Waals surface area contributed by atoms with Crippen molar-refractivity contribution in [2.45, 2.75) is 84.8 Å². The molecular weight excluding hydrogens is 490 g/mol. The number of likely N-dealkylation sites (N-methyl/N-ethyl adjacent to an activating group) is 1. The van der Waals surface area contributed by atoms with Crippen molar-refractivity contribution in [3.63, 3.8) is 0 Å². The topological polar surface area (TPSA) is 135 Å². The minimum atomic E-state index is -2.29. The second kappa shape index (κ2) is 14.6. The first-order valence-electron chi connectivity index (χ1n) is 13.3. The number of amides is 3. The van der Waals surface area contributed by atoms with E-state index in [0.29, 0.717) is 13.0 Å². The van der Waals surface area contributed by atoms with Crippen LogP contribution in [0.2, 0.25) is 0 Å². The Bertz CT molecular complexity index is 897. The lowest BCUT2D eigenvalue weighted by Gasteiger charge is -2.38. The summed E-state index contributed by atoms with van der Waals surface area (Å²) in [5.74, 6) is -3.20. The normalized spacial score (nSPS) is 19.2. The second-order valence-electron chi connectivity index (χ2n) is 11.3. The van der Waals surface area contributed by atoms with Crippen LogP contribution in [0, 0.1) is 17.3 Å². The third kappa shape index (κ3) is 9.34. The lowest BCUT2D eigenvalue weighted by Crippen LogP contribution is -2.62. The molecule has 1 aromatic carbocycles. The Hall–Kier alpha value is -2.53. The highest BCUT2D eigenvalue weighted by Gasteiger charge is 2.50. The number of hydrogen-bond acceptors (Lipinski definition) is 7. The smallest absolute Gasteiger partial charge is 0.278 e. The van der Waals surface area contributed by atoms with Crippen LogP contribution in [0.25, 0.3) is 0 Å². The molecule has 10 heteroatoms. The van der Waals surface area contributed by atoms with Crippen LogP contribution in [-0.2, 0) is 35.3 Å². The van der Waals surface area contributed by atoms with E-state index in [1.54, 1.807) is 0 Å². The van der Waals surface area contributed by atoms with Crippen molar-refractivity contribution in [1.82, 2.24) is 16.1 Å². The number of benzene rings is 1. The molecule has 1 aliphatic rings. The highest BCUT2D eigenvalue weighted by Crippen LogP contribution is 2.29. The van der Waals surface area contributed by atoms with Gasteiger partial charge in [-0.1, -0.05) is 65.0 Å². The van der Waals surface area contributed by atoms with Gasteiger partial charge in [-0.25, -0.2) is 5.48 Å². The van der Waals surface area contributed by atoms with Crippen molar-refractivity contribution in [3.05, 3.63) is 35.9 Å². The second-order valence-corrected chi connectivity index (χ2v) is 11.3. The van der Waals surface area contributed by atoms with Gasteiger partial charge in [0, 0.05) is 13.7 Å². The molecule has 0 aliphatic carbocycles. The average molecular weight is 536 g/mol. The van der Waals surface area contributed by atoms with E-state index in [1.807, 2.05) is 65.0 Å². The summed E-state index contributed by atoms with van der Waals surface area (Å²) >= 11 is 0. The van der Waals surface area contributed by atoms with Crippen molar-refractivity contribution < 1.29 is 33.8 Å². The number of hydroxylamine groups is 1. The number of ether oxygens (including phenoxy) is 2. The van der Waals surface area contributed by atoms with Crippen LogP contribution in [0.4, 0.5) is 0 Å². The summed E-state index contributed by atoms with van der Waals surface area (Å²) in [5.41, 5.74) is 0.218. The Morgan fingerprint density at radius 2 is 1.79 bits per heavy atom. The molecule has 1 heterocycles.